The maximum Gasteiger partial charge on any atom is 0.322 e. The molecule has 1 aliphatic rings. The van der Waals surface area contributed by atoms with E-state index in [1.807, 2.05) is 42.5 Å². The number of benzene rings is 2. The Hall–Kier alpha value is -2.00. The van der Waals surface area contributed by atoms with E-state index in [9.17, 15) is 4.79 Å². The summed E-state index contributed by atoms with van der Waals surface area (Å²) in [6.45, 7) is 1.22. The van der Waals surface area contributed by atoms with Gasteiger partial charge in [0.2, 0.25) is 0 Å². The molecule has 102 valence electrons. The molecule has 0 atom stereocenters. The van der Waals surface area contributed by atoms with E-state index in [1.54, 1.807) is 4.90 Å². The van der Waals surface area contributed by atoms with Crippen LogP contribution in [0.5, 0.6) is 0 Å². The Morgan fingerprint density at radius 1 is 1.20 bits per heavy atom. The number of urea groups is 1. The zero-order valence-corrected chi connectivity index (χ0v) is 11.7. The molecular weight excluding hydrogens is 272 g/mol. The van der Waals surface area contributed by atoms with Crippen molar-refractivity contribution in [1.82, 2.24) is 5.32 Å². The lowest BCUT2D eigenvalue weighted by atomic mass is 10.2. The first kappa shape index (κ1) is 13.0. The quantitative estimate of drug-likeness (QED) is 0.899. The Bertz CT molecular complexity index is 642. The summed E-state index contributed by atoms with van der Waals surface area (Å²) in [5.74, 6) is 0. The van der Waals surface area contributed by atoms with Crippen molar-refractivity contribution in [1.29, 1.82) is 0 Å². The monoisotopic (exact) mass is 286 g/mol. The van der Waals surface area contributed by atoms with Gasteiger partial charge in [0.1, 0.15) is 0 Å². The SMILES string of the molecule is O=C(NCc1cccc(Cl)c1)N1CCc2ccccc21. The van der Waals surface area contributed by atoms with E-state index in [1.165, 1.54) is 5.56 Å². The normalized spacial score (nSPS) is 13.2. The van der Waals surface area contributed by atoms with Gasteiger partial charge in [0, 0.05) is 23.8 Å². The molecule has 1 N–H and O–H groups in total. The molecule has 1 heterocycles. The van der Waals surface area contributed by atoms with Crippen LogP contribution in [0.4, 0.5) is 10.5 Å². The summed E-state index contributed by atoms with van der Waals surface area (Å²) in [4.78, 5) is 14.0. The van der Waals surface area contributed by atoms with Crippen molar-refractivity contribution >= 4 is 23.3 Å². The van der Waals surface area contributed by atoms with Gasteiger partial charge in [-0.2, -0.15) is 0 Å². The van der Waals surface area contributed by atoms with Gasteiger partial charge in [-0.05, 0) is 35.7 Å². The molecule has 0 radical (unpaired) electrons. The highest BCUT2D eigenvalue weighted by atomic mass is 35.5. The molecule has 0 aromatic heterocycles. The number of nitrogens with zero attached hydrogens (tertiary/aromatic N) is 1. The van der Waals surface area contributed by atoms with Crippen LogP contribution in [0.2, 0.25) is 5.02 Å². The molecular formula is C16H15ClN2O. The van der Waals surface area contributed by atoms with E-state index in [0.717, 1.165) is 24.2 Å². The van der Waals surface area contributed by atoms with E-state index < -0.39 is 0 Å². The number of nitrogens with one attached hydrogen (secondary N) is 1. The predicted molar refractivity (Wildman–Crippen MR) is 81.2 cm³/mol. The molecule has 2 amide bonds. The lowest BCUT2D eigenvalue weighted by Crippen LogP contribution is -2.38. The van der Waals surface area contributed by atoms with Gasteiger partial charge >= 0.3 is 6.03 Å². The van der Waals surface area contributed by atoms with Gasteiger partial charge in [0.25, 0.3) is 0 Å². The number of carbonyl (C=O) groups is 1. The van der Waals surface area contributed by atoms with E-state index in [-0.39, 0.29) is 6.03 Å². The molecule has 0 saturated carbocycles. The summed E-state index contributed by atoms with van der Waals surface area (Å²) in [6.07, 6.45) is 0.917. The van der Waals surface area contributed by atoms with Crippen LogP contribution in [0.1, 0.15) is 11.1 Å². The van der Waals surface area contributed by atoms with Gasteiger partial charge in [0.15, 0.2) is 0 Å². The van der Waals surface area contributed by atoms with Crippen LogP contribution in [0, 0.1) is 0 Å². The number of fused-ring (bicyclic) bond motifs is 1. The van der Waals surface area contributed by atoms with Crippen molar-refractivity contribution < 1.29 is 4.79 Å². The predicted octanol–water partition coefficient (Wildman–Crippen LogP) is 3.61. The maximum absolute atomic E-state index is 12.2. The number of anilines is 1. The van der Waals surface area contributed by atoms with Crippen LogP contribution in [0.3, 0.4) is 0 Å². The van der Waals surface area contributed by atoms with Gasteiger partial charge in [-0.15, -0.1) is 0 Å². The number of carbonyl (C=O) groups excluding carboxylic acids is 1. The Morgan fingerprint density at radius 2 is 2.05 bits per heavy atom. The summed E-state index contributed by atoms with van der Waals surface area (Å²) >= 11 is 5.93. The molecule has 0 saturated heterocycles. The molecule has 0 aliphatic carbocycles. The Balaban J connectivity index is 1.66. The van der Waals surface area contributed by atoms with Crippen LogP contribution in [0.15, 0.2) is 48.5 Å². The fourth-order valence-corrected chi connectivity index (χ4v) is 2.68. The second-order valence-corrected chi connectivity index (χ2v) is 5.26. The number of amides is 2. The molecule has 0 fully saturated rings. The Morgan fingerprint density at radius 3 is 2.90 bits per heavy atom. The lowest BCUT2D eigenvalue weighted by Gasteiger charge is -2.18. The fourth-order valence-electron chi connectivity index (χ4n) is 2.47. The van der Waals surface area contributed by atoms with Crippen LogP contribution < -0.4 is 10.2 Å². The van der Waals surface area contributed by atoms with Gasteiger partial charge in [-0.3, -0.25) is 4.90 Å². The van der Waals surface area contributed by atoms with Crippen LogP contribution in [-0.4, -0.2) is 12.6 Å². The Kier molecular flexibility index (Phi) is 3.61. The molecule has 20 heavy (non-hydrogen) atoms. The van der Waals surface area contributed by atoms with Crippen molar-refractivity contribution in [2.45, 2.75) is 13.0 Å². The number of hydrogen-bond acceptors (Lipinski definition) is 1. The van der Waals surface area contributed by atoms with Crippen molar-refractivity contribution in [3.8, 4) is 0 Å². The van der Waals surface area contributed by atoms with Gasteiger partial charge < -0.3 is 5.32 Å². The zero-order valence-electron chi connectivity index (χ0n) is 11.0. The largest absolute Gasteiger partial charge is 0.334 e. The maximum atomic E-state index is 12.2. The minimum Gasteiger partial charge on any atom is -0.334 e. The number of halogens is 1. The van der Waals surface area contributed by atoms with E-state index in [0.29, 0.717) is 11.6 Å². The number of para-hydroxylation sites is 1. The summed E-state index contributed by atoms with van der Waals surface area (Å²) in [7, 11) is 0. The molecule has 4 heteroatoms. The summed E-state index contributed by atoms with van der Waals surface area (Å²) < 4.78 is 0. The Labute approximate surface area is 123 Å². The smallest absolute Gasteiger partial charge is 0.322 e. The van der Waals surface area contributed by atoms with Crippen LogP contribution in [0.25, 0.3) is 0 Å². The van der Waals surface area contributed by atoms with Crippen LogP contribution >= 0.6 is 11.6 Å². The zero-order chi connectivity index (χ0) is 13.9. The third-order valence-corrected chi connectivity index (χ3v) is 3.70. The van der Waals surface area contributed by atoms with Gasteiger partial charge in [-0.25, -0.2) is 4.79 Å². The molecule has 0 bridgehead atoms. The summed E-state index contributed by atoms with van der Waals surface area (Å²) in [6, 6.07) is 15.5. The summed E-state index contributed by atoms with van der Waals surface area (Å²) in [5.41, 5.74) is 3.24. The third-order valence-electron chi connectivity index (χ3n) is 3.47. The van der Waals surface area contributed by atoms with Gasteiger partial charge in [0.05, 0.1) is 0 Å². The van der Waals surface area contributed by atoms with E-state index in [2.05, 4.69) is 11.4 Å². The number of rotatable bonds is 2. The minimum absolute atomic E-state index is 0.0603. The van der Waals surface area contributed by atoms with Crippen molar-refractivity contribution in [2.24, 2.45) is 0 Å². The highest BCUT2D eigenvalue weighted by molar-refractivity contribution is 6.30. The average Bonchev–Trinajstić information content (AvgIpc) is 2.89. The highest BCUT2D eigenvalue weighted by Crippen LogP contribution is 2.27. The number of hydrogen-bond donors (Lipinski definition) is 1. The average molecular weight is 287 g/mol. The molecule has 0 unspecified atom stereocenters. The fraction of sp³-hybridized carbons (Fsp3) is 0.188. The first-order valence-corrected chi connectivity index (χ1v) is 6.99. The second-order valence-electron chi connectivity index (χ2n) is 4.82. The summed E-state index contributed by atoms with van der Waals surface area (Å²) in [5, 5.41) is 3.62. The molecule has 2 aromatic carbocycles. The molecule has 3 rings (SSSR count). The molecule has 3 nitrogen and oxygen atoms in total. The lowest BCUT2D eigenvalue weighted by molar-refractivity contribution is 0.246. The second kappa shape index (κ2) is 5.55. The first-order valence-electron chi connectivity index (χ1n) is 6.62. The molecule has 2 aromatic rings. The third kappa shape index (κ3) is 2.63. The van der Waals surface area contributed by atoms with Crippen LogP contribution in [-0.2, 0) is 13.0 Å². The van der Waals surface area contributed by atoms with Gasteiger partial charge in [-0.1, -0.05) is 41.9 Å². The van der Waals surface area contributed by atoms with Crippen molar-refractivity contribution in [2.75, 3.05) is 11.4 Å². The first-order chi connectivity index (χ1) is 9.74. The molecule has 0 spiro atoms. The minimum atomic E-state index is -0.0603. The van der Waals surface area contributed by atoms with Crippen molar-refractivity contribution in [3.63, 3.8) is 0 Å². The van der Waals surface area contributed by atoms with Crippen molar-refractivity contribution in [3.05, 3.63) is 64.7 Å². The standard InChI is InChI=1S/C16H15ClN2O/c17-14-6-3-4-12(10-14)11-18-16(20)19-9-8-13-5-1-2-7-15(13)19/h1-7,10H,8-9,11H2,(H,18,20). The van der Waals surface area contributed by atoms with E-state index in [4.69, 9.17) is 11.6 Å². The van der Waals surface area contributed by atoms with E-state index >= 15 is 0 Å². The topological polar surface area (TPSA) is 32.3 Å². The highest BCUT2D eigenvalue weighted by Gasteiger charge is 2.23. The molecule has 1 aliphatic heterocycles.